The van der Waals surface area contributed by atoms with Gasteiger partial charge in [-0.05, 0) is 63.6 Å². The molecule has 42 heavy (non-hydrogen) atoms. The number of para-hydroxylation sites is 1. The molecule has 11 nitrogen and oxygen atoms in total. The number of aromatic nitrogens is 4. The van der Waals surface area contributed by atoms with E-state index in [9.17, 15) is 4.57 Å². The highest BCUT2D eigenvalue weighted by Crippen LogP contribution is 2.39. The van der Waals surface area contributed by atoms with Crippen LogP contribution in [0.5, 0.6) is 5.88 Å². The molecule has 2 fully saturated rings. The van der Waals surface area contributed by atoms with Gasteiger partial charge in [0, 0.05) is 56.8 Å². The molecule has 5 heterocycles. The summed E-state index contributed by atoms with van der Waals surface area (Å²) < 4.78 is 18.6. The number of methoxy groups -OCH3 is 1. The molecule has 2 aliphatic rings. The lowest BCUT2D eigenvalue weighted by atomic mass is 10.0. The topological polar surface area (TPSA) is 115 Å². The third kappa shape index (κ3) is 6.09. The highest BCUT2D eigenvalue weighted by atomic mass is 31.2. The second-order valence-electron chi connectivity index (χ2n) is 11.5. The summed E-state index contributed by atoms with van der Waals surface area (Å²) in [6, 6.07) is 14.2. The molecule has 222 valence electrons. The van der Waals surface area contributed by atoms with Gasteiger partial charge in [-0.1, -0.05) is 12.1 Å². The monoisotopic (exact) mass is 589 g/mol. The maximum absolute atomic E-state index is 12.9. The summed E-state index contributed by atoms with van der Waals surface area (Å²) >= 11 is 0. The molecule has 0 amide bonds. The quantitative estimate of drug-likeness (QED) is 0.257. The van der Waals surface area contributed by atoms with Crippen LogP contribution < -0.4 is 25.6 Å². The van der Waals surface area contributed by atoms with E-state index in [0.717, 1.165) is 74.3 Å². The van der Waals surface area contributed by atoms with Crippen molar-refractivity contribution in [3.8, 4) is 5.88 Å². The number of likely N-dealkylation sites (N-methyl/N-ethyl adjacent to an activating group) is 1. The van der Waals surface area contributed by atoms with Gasteiger partial charge in [0.15, 0.2) is 0 Å². The zero-order valence-corrected chi connectivity index (χ0v) is 25.7. The lowest BCUT2D eigenvalue weighted by molar-refractivity contribution is 0.0981. The van der Waals surface area contributed by atoms with Crippen LogP contribution in [0.4, 0.5) is 29.0 Å². The van der Waals surface area contributed by atoms with Crippen LogP contribution in [0.2, 0.25) is 0 Å². The fraction of sp³-hybridized carbons (Fsp3) is 0.433. The summed E-state index contributed by atoms with van der Waals surface area (Å²) in [5.74, 6) is 2.40. The number of H-pyrrole nitrogens is 1. The van der Waals surface area contributed by atoms with Crippen molar-refractivity contribution in [3.05, 3.63) is 48.7 Å². The average molecular weight is 590 g/mol. The first-order valence-corrected chi connectivity index (χ1v) is 17.1. The number of hydrogen-bond acceptors (Lipinski definition) is 10. The predicted octanol–water partition coefficient (Wildman–Crippen LogP) is 4.31. The molecule has 3 N–H and O–H groups in total. The summed E-state index contributed by atoms with van der Waals surface area (Å²) in [6.45, 7) is 10.1. The number of hydrogen-bond donors (Lipinski definition) is 3. The Kier molecular flexibility index (Phi) is 8.07. The third-order valence-corrected chi connectivity index (χ3v) is 9.83. The maximum atomic E-state index is 12.9. The number of pyridine rings is 1. The van der Waals surface area contributed by atoms with Crippen molar-refractivity contribution in [1.82, 2.24) is 29.7 Å². The number of anilines is 5. The molecule has 6 rings (SSSR count). The van der Waals surface area contributed by atoms with E-state index in [-0.39, 0.29) is 0 Å². The van der Waals surface area contributed by atoms with Crippen LogP contribution in [0, 0.1) is 0 Å². The van der Waals surface area contributed by atoms with E-state index >= 15 is 0 Å². The largest absolute Gasteiger partial charge is 0.479 e. The number of piperidine rings is 1. The van der Waals surface area contributed by atoms with Crippen LogP contribution in [-0.2, 0) is 4.57 Å². The van der Waals surface area contributed by atoms with Crippen LogP contribution in [0.15, 0.2) is 48.7 Å². The first-order chi connectivity index (χ1) is 20.3. The van der Waals surface area contributed by atoms with Gasteiger partial charge in [0.25, 0.3) is 0 Å². The van der Waals surface area contributed by atoms with E-state index in [1.807, 2.05) is 48.7 Å². The van der Waals surface area contributed by atoms with Crippen LogP contribution in [0.25, 0.3) is 11.0 Å². The fourth-order valence-electron chi connectivity index (χ4n) is 5.89. The first-order valence-electron chi connectivity index (χ1n) is 14.5. The van der Waals surface area contributed by atoms with E-state index in [0.29, 0.717) is 35.0 Å². The van der Waals surface area contributed by atoms with Gasteiger partial charge in [0.2, 0.25) is 11.8 Å². The number of rotatable bonds is 8. The molecule has 12 heteroatoms. The lowest BCUT2D eigenvalue weighted by Crippen LogP contribution is -2.52. The van der Waals surface area contributed by atoms with Gasteiger partial charge in [0.05, 0.1) is 18.2 Å². The smallest absolute Gasteiger partial charge is 0.239 e. The molecule has 0 saturated carbocycles. The van der Waals surface area contributed by atoms with Gasteiger partial charge >= 0.3 is 0 Å². The van der Waals surface area contributed by atoms with Crippen molar-refractivity contribution in [3.63, 3.8) is 0 Å². The zero-order chi connectivity index (χ0) is 29.3. The number of fused-ring (bicyclic) bond motifs is 1. The fourth-order valence-corrected chi connectivity index (χ4v) is 7.05. The molecule has 0 bridgehead atoms. The minimum Gasteiger partial charge on any atom is -0.479 e. The summed E-state index contributed by atoms with van der Waals surface area (Å²) in [5, 5.41) is 8.31. The Labute approximate surface area is 247 Å². The number of ether oxygens (including phenoxy) is 1. The highest BCUT2D eigenvalue weighted by molar-refractivity contribution is 7.70. The Bertz CT molecular complexity index is 1590. The first kappa shape index (κ1) is 28.5. The van der Waals surface area contributed by atoms with Gasteiger partial charge in [-0.25, -0.2) is 0 Å². The summed E-state index contributed by atoms with van der Waals surface area (Å²) in [5.41, 5.74) is 2.12. The molecule has 0 spiro atoms. The van der Waals surface area contributed by atoms with Crippen LogP contribution in [-0.4, -0.2) is 103 Å². The SMILES string of the molecule is COc1nc(N2CCC(N3CCN(C)CC3)CC2)ccc1Nc1nc(Nc2ccccc2P(C)(C)=O)c2cc[nH]c2n1. The van der Waals surface area contributed by atoms with Gasteiger partial charge in [-0.2, -0.15) is 15.0 Å². The molecule has 0 atom stereocenters. The number of benzene rings is 1. The number of nitrogens with one attached hydrogen (secondary N) is 3. The maximum Gasteiger partial charge on any atom is 0.239 e. The van der Waals surface area contributed by atoms with Crippen molar-refractivity contribution in [2.75, 3.05) is 82.3 Å². The molecule has 0 unspecified atom stereocenters. The van der Waals surface area contributed by atoms with Crippen molar-refractivity contribution in [2.45, 2.75) is 18.9 Å². The lowest BCUT2D eigenvalue weighted by Gasteiger charge is -2.42. The van der Waals surface area contributed by atoms with E-state index in [4.69, 9.17) is 14.7 Å². The Morgan fingerprint density at radius 3 is 2.40 bits per heavy atom. The van der Waals surface area contributed by atoms with E-state index in [1.54, 1.807) is 20.4 Å². The van der Waals surface area contributed by atoms with E-state index in [2.05, 4.69) is 42.3 Å². The predicted molar refractivity (Wildman–Crippen MR) is 171 cm³/mol. The Morgan fingerprint density at radius 1 is 0.905 bits per heavy atom. The highest BCUT2D eigenvalue weighted by Gasteiger charge is 2.27. The third-order valence-electron chi connectivity index (χ3n) is 8.28. The van der Waals surface area contributed by atoms with Gasteiger partial charge in [-0.3, -0.25) is 4.90 Å². The molecule has 2 saturated heterocycles. The Hall–Kier alpha value is -3.66. The van der Waals surface area contributed by atoms with Crippen LogP contribution >= 0.6 is 7.14 Å². The van der Waals surface area contributed by atoms with E-state index in [1.165, 1.54) is 0 Å². The molecular formula is C30H40N9O2P. The second-order valence-corrected chi connectivity index (χ2v) is 14.7. The Balaban J connectivity index is 1.19. The van der Waals surface area contributed by atoms with Crippen LogP contribution in [0.1, 0.15) is 12.8 Å². The van der Waals surface area contributed by atoms with Gasteiger partial charge in [0.1, 0.15) is 30.1 Å². The molecule has 0 radical (unpaired) electrons. The standard InChI is InChI=1S/C30H40N9O2P/c1-37-17-19-38(20-18-37)21-12-15-39(16-13-21)26-10-9-24(29(34-26)41-2)33-30-35-27-22(11-14-31-27)28(36-30)32-23-7-5-6-8-25(23)42(3,4)40/h5-11,14,21H,12-13,15-20H2,1-4H3,(H3,31,32,33,35,36). The van der Waals surface area contributed by atoms with Gasteiger partial charge < -0.3 is 34.7 Å². The molecular weight excluding hydrogens is 549 g/mol. The minimum atomic E-state index is -2.51. The molecule has 1 aromatic carbocycles. The summed E-state index contributed by atoms with van der Waals surface area (Å²) in [6.07, 6.45) is 4.11. The number of nitrogens with zero attached hydrogens (tertiary/aromatic N) is 6. The molecule has 4 aromatic rings. The van der Waals surface area contributed by atoms with Crippen molar-refractivity contribution >= 4 is 52.4 Å². The number of piperazine rings is 1. The zero-order valence-electron chi connectivity index (χ0n) is 24.8. The summed E-state index contributed by atoms with van der Waals surface area (Å²) in [4.78, 5) is 24.9. The number of aromatic amines is 1. The Morgan fingerprint density at radius 2 is 1.67 bits per heavy atom. The normalized spacial score (nSPS) is 17.5. The summed E-state index contributed by atoms with van der Waals surface area (Å²) in [7, 11) is 1.32. The molecule has 2 aliphatic heterocycles. The molecule has 3 aromatic heterocycles. The van der Waals surface area contributed by atoms with Crippen molar-refractivity contribution in [2.24, 2.45) is 0 Å². The average Bonchev–Trinajstić information content (AvgIpc) is 3.47. The van der Waals surface area contributed by atoms with Crippen molar-refractivity contribution in [1.29, 1.82) is 0 Å². The van der Waals surface area contributed by atoms with Crippen LogP contribution in [0.3, 0.4) is 0 Å². The van der Waals surface area contributed by atoms with Gasteiger partial charge in [-0.15, -0.1) is 0 Å². The minimum absolute atomic E-state index is 0.391. The second kappa shape index (κ2) is 11.9. The molecule has 0 aliphatic carbocycles. The van der Waals surface area contributed by atoms with E-state index < -0.39 is 7.14 Å². The van der Waals surface area contributed by atoms with Crippen molar-refractivity contribution < 1.29 is 9.30 Å².